The molecule has 1 aliphatic rings. The normalized spacial score (nSPS) is 16.6. The summed E-state index contributed by atoms with van der Waals surface area (Å²) in [7, 11) is 0. The van der Waals surface area contributed by atoms with E-state index in [0.29, 0.717) is 5.75 Å². The van der Waals surface area contributed by atoms with Crippen LogP contribution in [0.4, 0.5) is 5.69 Å². The SMILES string of the molecule is CCCN1C(=O)CSC1=Nc1c2ccccc2cc2ccccc12. The van der Waals surface area contributed by atoms with Crippen molar-refractivity contribution in [3.63, 3.8) is 0 Å². The maximum atomic E-state index is 12.1. The Hall–Kier alpha value is -2.33. The van der Waals surface area contributed by atoms with Crippen LogP contribution in [-0.4, -0.2) is 28.3 Å². The summed E-state index contributed by atoms with van der Waals surface area (Å²) in [5, 5.41) is 5.42. The van der Waals surface area contributed by atoms with E-state index in [9.17, 15) is 4.79 Å². The fraction of sp³-hybridized carbons (Fsp3) is 0.200. The van der Waals surface area contributed by atoms with Crippen LogP contribution in [0.25, 0.3) is 21.5 Å². The van der Waals surface area contributed by atoms with Crippen molar-refractivity contribution in [1.29, 1.82) is 0 Å². The van der Waals surface area contributed by atoms with E-state index in [4.69, 9.17) is 4.99 Å². The molecule has 3 aromatic carbocycles. The summed E-state index contributed by atoms with van der Waals surface area (Å²) in [5.41, 5.74) is 0.960. The lowest BCUT2D eigenvalue weighted by molar-refractivity contribution is -0.124. The molecular weight excluding hydrogens is 316 g/mol. The highest BCUT2D eigenvalue weighted by Gasteiger charge is 2.27. The summed E-state index contributed by atoms with van der Waals surface area (Å²) in [5.74, 6) is 0.645. The van der Waals surface area contributed by atoms with Crippen molar-refractivity contribution < 1.29 is 4.79 Å². The molecule has 1 amide bonds. The molecule has 0 radical (unpaired) electrons. The predicted octanol–water partition coefficient (Wildman–Crippen LogP) is 4.97. The van der Waals surface area contributed by atoms with Gasteiger partial charge in [-0.05, 0) is 23.3 Å². The van der Waals surface area contributed by atoms with Gasteiger partial charge in [-0.15, -0.1) is 0 Å². The first-order valence-electron chi connectivity index (χ1n) is 8.20. The molecule has 4 rings (SSSR count). The molecule has 1 fully saturated rings. The Kier molecular flexibility index (Phi) is 3.98. The predicted molar refractivity (Wildman–Crippen MR) is 103 cm³/mol. The molecule has 0 aromatic heterocycles. The standard InChI is InChI=1S/C20H18N2OS/c1-2-11-22-18(23)13-24-20(22)21-19-16-9-5-3-7-14(16)12-15-8-4-6-10-17(15)19/h3-10,12H,2,11,13H2,1H3. The summed E-state index contributed by atoms with van der Waals surface area (Å²) in [6.07, 6.45) is 0.932. The fourth-order valence-electron chi connectivity index (χ4n) is 3.13. The Labute approximate surface area is 145 Å². The first-order chi connectivity index (χ1) is 11.8. The summed E-state index contributed by atoms with van der Waals surface area (Å²) < 4.78 is 0. The van der Waals surface area contributed by atoms with E-state index in [2.05, 4.69) is 37.3 Å². The first kappa shape index (κ1) is 15.2. The zero-order valence-corrected chi connectivity index (χ0v) is 14.3. The summed E-state index contributed by atoms with van der Waals surface area (Å²) in [6.45, 7) is 2.81. The molecule has 0 atom stereocenters. The molecule has 1 saturated heterocycles. The van der Waals surface area contributed by atoms with Crippen LogP contribution in [0.5, 0.6) is 0 Å². The highest BCUT2D eigenvalue weighted by Crippen LogP contribution is 2.36. The van der Waals surface area contributed by atoms with E-state index in [1.165, 1.54) is 22.5 Å². The summed E-state index contributed by atoms with van der Waals surface area (Å²) in [6, 6.07) is 18.8. The lowest BCUT2D eigenvalue weighted by atomic mass is 10.0. The molecule has 0 saturated carbocycles. The topological polar surface area (TPSA) is 32.7 Å². The Bertz CT molecular complexity index is 910. The number of amides is 1. The highest BCUT2D eigenvalue weighted by atomic mass is 32.2. The van der Waals surface area contributed by atoms with Crippen molar-refractivity contribution in [2.45, 2.75) is 13.3 Å². The first-order valence-corrected chi connectivity index (χ1v) is 9.19. The molecule has 3 aromatic rings. The molecule has 0 unspecified atom stereocenters. The number of fused-ring (bicyclic) bond motifs is 2. The lowest BCUT2D eigenvalue weighted by Crippen LogP contribution is -2.30. The quantitative estimate of drug-likeness (QED) is 0.634. The van der Waals surface area contributed by atoms with Crippen LogP contribution in [-0.2, 0) is 4.79 Å². The third-order valence-corrected chi connectivity index (χ3v) is 5.22. The minimum atomic E-state index is 0.158. The Morgan fingerprint density at radius 1 is 1.04 bits per heavy atom. The van der Waals surface area contributed by atoms with Crippen molar-refractivity contribution in [2.75, 3.05) is 12.3 Å². The van der Waals surface area contributed by atoms with Crippen molar-refractivity contribution in [1.82, 2.24) is 4.90 Å². The second kappa shape index (κ2) is 6.29. The van der Waals surface area contributed by atoms with Gasteiger partial charge >= 0.3 is 0 Å². The van der Waals surface area contributed by atoms with Gasteiger partial charge in [0.2, 0.25) is 5.91 Å². The molecule has 4 heteroatoms. The number of benzene rings is 3. The number of hydrogen-bond donors (Lipinski definition) is 0. The minimum absolute atomic E-state index is 0.158. The van der Waals surface area contributed by atoms with Crippen molar-refractivity contribution in [2.24, 2.45) is 4.99 Å². The maximum absolute atomic E-state index is 12.1. The molecule has 24 heavy (non-hydrogen) atoms. The van der Waals surface area contributed by atoms with Gasteiger partial charge in [-0.25, -0.2) is 4.99 Å². The Morgan fingerprint density at radius 2 is 1.67 bits per heavy atom. The zero-order valence-electron chi connectivity index (χ0n) is 13.5. The van der Waals surface area contributed by atoms with Gasteiger partial charge in [0.15, 0.2) is 5.17 Å². The Morgan fingerprint density at radius 3 is 2.29 bits per heavy atom. The van der Waals surface area contributed by atoms with Gasteiger partial charge in [-0.2, -0.15) is 0 Å². The van der Waals surface area contributed by atoms with Crippen LogP contribution in [0.15, 0.2) is 59.6 Å². The molecule has 0 N–H and O–H groups in total. The maximum Gasteiger partial charge on any atom is 0.239 e. The monoisotopic (exact) mass is 334 g/mol. The van der Waals surface area contributed by atoms with E-state index >= 15 is 0 Å². The van der Waals surface area contributed by atoms with Crippen molar-refractivity contribution in [3.05, 3.63) is 54.6 Å². The third kappa shape index (κ3) is 2.57. The van der Waals surface area contributed by atoms with E-state index in [1.807, 2.05) is 29.2 Å². The van der Waals surface area contributed by atoms with Crippen LogP contribution in [0.2, 0.25) is 0 Å². The average molecular weight is 334 g/mol. The zero-order chi connectivity index (χ0) is 16.5. The largest absolute Gasteiger partial charge is 0.291 e. The Balaban J connectivity index is 1.97. The van der Waals surface area contributed by atoms with Crippen LogP contribution in [0.3, 0.4) is 0 Å². The van der Waals surface area contributed by atoms with Gasteiger partial charge in [0.1, 0.15) is 0 Å². The number of thioether (sulfide) groups is 1. The van der Waals surface area contributed by atoms with Gasteiger partial charge < -0.3 is 0 Å². The summed E-state index contributed by atoms with van der Waals surface area (Å²) in [4.78, 5) is 18.9. The van der Waals surface area contributed by atoms with E-state index < -0.39 is 0 Å². The number of nitrogens with zero attached hydrogens (tertiary/aromatic N) is 2. The van der Waals surface area contributed by atoms with Crippen LogP contribution in [0.1, 0.15) is 13.3 Å². The molecular formula is C20H18N2OS. The van der Waals surface area contributed by atoms with Crippen LogP contribution >= 0.6 is 11.8 Å². The lowest BCUT2D eigenvalue weighted by Gasteiger charge is -2.15. The number of amidine groups is 1. The van der Waals surface area contributed by atoms with Gasteiger partial charge in [0, 0.05) is 17.3 Å². The van der Waals surface area contributed by atoms with E-state index in [-0.39, 0.29) is 5.91 Å². The number of hydrogen-bond acceptors (Lipinski definition) is 3. The molecule has 1 aliphatic heterocycles. The van der Waals surface area contributed by atoms with Gasteiger partial charge in [0.25, 0.3) is 0 Å². The fourth-order valence-corrected chi connectivity index (χ4v) is 4.04. The number of aliphatic imine (C=N–C) groups is 1. The molecule has 3 nitrogen and oxygen atoms in total. The van der Waals surface area contributed by atoms with Gasteiger partial charge in [0.05, 0.1) is 11.4 Å². The van der Waals surface area contributed by atoms with Crippen molar-refractivity contribution >= 4 is 50.1 Å². The number of carbonyl (C=O) groups is 1. The average Bonchev–Trinajstić information content (AvgIpc) is 2.95. The molecule has 120 valence electrons. The minimum Gasteiger partial charge on any atom is -0.291 e. The second-order valence-electron chi connectivity index (χ2n) is 5.90. The highest BCUT2D eigenvalue weighted by molar-refractivity contribution is 8.15. The van der Waals surface area contributed by atoms with Crippen LogP contribution in [0, 0.1) is 0 Å². The van der Waals surface area contributed by atoms with E-state index in [1.54, 1.807) is 0 Å². The molecule has 0 spiro atoms. The number of carbonyl (C=O) groups excluding carboxylic acids is 1. The van der Waals surface area contributed by atoms with Gasteiger partial charge in [-0.3, -0.25) is 9.69 Å². The molecule has 0 bridgehead atoms. The molecule has 1 heterocycles. The van der Waals surface area contributed by atoms with Crippen LogP contribution < -0.4 is 0 Å². The van der Waals surface area contributed by atoms with Crippen molar-refractivity contribution in [3.8, 4) is 0 Å². The second-order valence-corrected chi connectivity index (χ2v) is 6.84. The smallest absolute Gasteiger partial charge is 0.239 e. The third-order valence-electron chi connectivity index (χ3n) is 4.25. The summed E-state index contributed by atoms with van der Waals surface area (Å²) >= 11 is 1.54. The van der Waals surface area contributed by atoms with Gasteiger partial charge in [-0.1, -0.05) is 67.2 Å². The number of rotatable bonds is 3. The van der Waals surface area contributed by atoms with E-state index in [0.717, 1.165) is 34.6 Å². The molecule has 0 aliphatic carbocycles.